The molecular weight excluding hydrogens is 460 g/mol. The molecule has 4 N–H and O–H groups in total. The maximum atomic E-state index is 13.0. The summed E-state index contributed by atoms with van der Waals surface area (Å²) in [7, 11) is 0. The Balaban J connectivity index is 1.44. The minimum Gasteiger partial charge on any atom is -0.483 e. The summed E-state index contributed by atoms with van der Waals surface area (Å²) in [5, 5.41) is 4.84. The van der Waals surface area contributed by atoms with E-state index in [1.807, 2.05) is 0 Å². The molecule has 35 heavy (non-hydrogen) atoms. The number of carbonyl (C=O) groups is 5. The predicted octanol–water partition coefficient (Wildman–Crippen LogP) is -0.645. The Bertz CT molecular complexity index is 967. The first-order valence-corrected chi connectivity index (χ1v) is 11.5. The van der Waals surface area contributed by atoms with E-state index in [0.29, 0.717) is 45.9 Å². The zero-order chi connectivity index (χ0) is 25.2. The van der Waals surface area contributed by atoms with Crippen LogP contribution < -0.4 is 21.1 Å². The Hall–Kier alpha value is -3.35. The molecular formula is C23H30N4O8. The van der Waals surface area contributed by atoms with Crippen LogP contribution in [0, 0.1) is 0 Å². The lowest BCUT2D eigenvalue weighted by atomic mass is 10.0. The molecule has 190 valence electrons. The van der Waals surface area contributed by atoms with Crippen molar-refractivity contribution >= 4 is 29.5 Å². The number of rotatable bonds is 14. The third-order valence-electron chi connectivity index (χ3n) is 5.44. The van der Waals surface area contributed by atoms with Crippen LogP contribution in [0.25, 0.3) is 0 Å². The molecule has 0 aliphatic carbocycles. The molecule has 3 rings (SSSR count). The van der Waals surface area contributed by atoms with Crippen molar-refractivity contribution < 1.29 is 38.2 Å². The molecule has 2 aliphatic rings. The molecule has 1 unspecified atom stereocenters. The largest absolute Gasteiger partial charge is 0.483 e. The van der Waals surface area contributed by atoms with Crippen molar-refractivity contribution in [1.29, 1.82) is 0 Å². The SMILES string of the molecule is NCCCOCCOCCCNC(=O)COc1cccc2c1C(=O)N(C1CCC(=O)NC1=O)C2=O. The molecule has 12 nitrogen and oxygen atoms in total. The number of imide groups is 2. The number of nitrogens with one attached hydrogen (secondary N) is 2. The molecule has 0 bridgehead atoms. The van der Waals surface area contributed by atoms with E-state index in [2.05, 4.69) is 10.6 Å². The van der Waals surface area contributed by atoms with E-state index in [0.717, 1.165) is 11.3 Å². The Labute approximate surface area is 202 Å². The molecule has 1 fully saturated rings. The van der Waals surface area contributed by atoms with Crippen LogP contribution in [0.1, 0.15) is 46.4 Å². The first-order chi connectivity index (χ1) is 16.9. The second-order valence-corrected chi connectivity index (χ2v) is 7.99. The van der Waals surface area contributed by atoms with Crippen molar-refractivity contribution in [1.82, 2.24) is 15.5 Å². The van der Waals surface area contributed by atoms with Crippen LogP contribution in [0.3, 0.4) is 0 Å². The Morgan fingerprint density at radius 3 is 2.51 bits per heavy atom. The highest BCUT2D eigenvalue weighted by molar-refractivity contribution is 6.24. The van der Waals surface area contributed by atoms with Crippen molar-refractivity contribution in [2.24, 2.45) is 5.73 Å². The van der Waals surface area contributed by atoms with Crippen LogP contribution in [0.4, 0.5) is 0 Å². The lowest BCUT2D eigenvalue weighted by molar-refractivity contribution is -0.136. The van der Waals surface area contributed by atoms with Crippen molar-refractivity contribution in [2.75, 3.05) is 46.1 Å². The summed E-state index contributed by atoms with van der Waals surface area (Å²) < 4.78 is 16.3. The Morgan fingerprint density at radius 1 is 1.06 bits per heavy atom. The fourth-order valence-corrected chi connectivity index (χ4v) is 3.71. The van der Waals surface area contributed by atoms with Gasteiger partial charge in [0.1, 0.15) is 11.8 Å². The minimum atomic E-state index is -1.07. The van der Waals surface area contributed by atoms with Gasteiger partial charge >= 0.3 is 0 Å². The summed E-state index contributed by atoms with van der Waals surface area (Å²) >= 11 is 0. The molecule has 0 radical (unpaired) electrons. The molecule has 0 aromatic heterocycles. The van der Waals surface area contributed by atoms with Gasteiger partial charge in [0.2, 0.25) is 11.8 Å². The number of carbonyl (C=O) groups excluding carboxylic acids is 5. The van der Waals surface area contributed by atoms with E-state index in [1.165, 1.54) is 18.2 Å². The number of amides is 5. The van der Waals surface area contributed by atoms with Crippen molar-refractivity contribution in [3.8, 4) is 5.75 Å². The molecule has 5 amide bonds. The molecule has 1 atom stereocenters. The standard InChI is InChI=1S/C23H30N4O8/c24-8-2-10-33-12-13-34-11-3-9-25-19(29)14-35-17-5-1-4-15-20(17)23(32)27(22(15)31)16-6-7-18(28)26-21(16)30/h1,4-5,16H,2-3,6-14,24H2,(H,25,29)(H,26,28,30). The second kappa shape index (κ2) is 12.9. The fraction of sp³-hybridized carbons (Fsp3) is 0.522. The zero-order valence-corrected chi connectivity index (χ0v) is 19.4. The van der Waals surface area contributed by atoms with Gasteiger partial charge in [-0.1, -0.05) is 6.07 Å². The molecule has 0 spiro atoms. The Morgan fingerprint density at radius 2 is 1.80 bits per heavy atom. The van der Waals surface area contributed by atoms with Gasteiger partial charge in [0.25, 0.3) is 17.7 Å². The maximum absolute atomic E-state index is 13.0. The van der Waals surface area contributed by atoms with Gasteiger partial charge in [-0.05, 0) is 37.9 Å². The number of ether oxygens (including phenoxy) is 3. The summed E-state index contributed by atoms with van der Waals surface area (Å²) in [6, 6.07) is 3.39. The lowest BCUT2D eigenvalue weighted by Crippen LogP contribution is -2.54. The molecule has 2 aliphatic heterocycles. The summed E-state index contributed by atoms with van der Waals surface area (Å²) in [5.74, 6) is -2.80. The second-order valence-electron chi connectivity index (χ2n) is 7.99. The highest BCUT2D eigenvalue weighted by Crippen LogP contribution is 2.33. The van der Waals surface area contributed by atoms with Gasteiger partial charge in [0, 0.05) is 26.2 Å². The number of benzene rings is 1. The average Bonchev–Trinajstić information content (AvgIpc) is 3.09. The van der Waals surface area contributed by atoms with Gasteiger partial charge in [-0.2, -0.15) is 0 Å². The van der Waals surface area contributed by atoms with E-state index < -0.39 is 35.6 Å². The maximum Gasteiger partial charge on any atom is 0.266 e. The molecule has 1 aromatic carbocycles. The van der Waals surface area contributed by atoms with Gasteiger partial charge in [-0.25, -0.2) is 0 Å². The monoisotopic (exact) mass is 490 g/mol. The predicted molar refractivity (Wildman–Crippen MR) is 122 cm³/mol. The lowest BCUT2D eigenvalue weighted by Gasteiger charge is -2.27. The Kier molecular flexibility index (Phi) is 9.70. The first kappa shape index (κ1) is 26.3. The highest BCUT2D eigenvalue weighted by Gasteiger charge is 2.46. The summed E-state index contributed by atoms with van der Waals surface area (Å²) in [4.78, 5) is 62.4. The number of nitrogens with two attached hydrogens (primary N) is 1. The van der Waals surface area contributed by atoms with Gasteiger partial charge < -0.3 is 25.3 Å². The van der Waals surface area contributed by atoms with E-state index in [1.54, 1.807) is 0 Å². The van der Waals surface area contributed by atoms with Crippen LogP contribution in [-0.4, -0.2) is 86.6 Å². The topological polar surface area (TPSA) is 166 Å². The first-order valence-electron chi connectivity index (χ1n) is 11.5. The third kappa shape index (κ3) is 6.84. The number of hydrogen-bond donors (Lipinski definition) is 3. The van der Waals surface area contributed by atoms with Crippen LogP contribution in [-0.2, 0) is 23.9 Å². The number of hydrogen-bond acceptors (Lipinski definition) is 9. The minimum absolute atomic E-state index is 0.00270. The number of fused-ring (bicyclic) bond motifs is 1. The van der Waals surface area contributed by atoms with Crippen LogP contribution in [0.5, 0.6) is 5.75 Å². The summed E-state index contributed by atoms with van der Waals surface area (Å²) in [5.41, 5.74) is 5.46. The van der Waals surface area contributed by atoms with Crippen molar-refractivity contribution in [3.63, 3.8) is 0 Å². The molecule has 0 saturated carbocycles. The van der Waals surface area contributed by atoms with Crippen LogP contribution in [0.2, 0.25) is 0 Å². The van der Waals surface area contributed by atoms with Gasteiger partial charge in [-0.15, -0.1) is 0 Å². The van der Waals surface area contributed by atoms with E-state index in [9.17, 15) is 24.0 Å². The van der Waals surface area contributed by atoms with Crippen LogP contribution >= 0.6 is 0 Å². The summed E-state index contributed by atoms with van der Waals surface area (Å²) in [6.45, 7) is 2.63. The van der Waals surface area contributed by atoms with E-state index >= 15 is 0 Å². The highest BCUT2D eigenvalue weighted by atomic mass is 16.5. The molecule has 12 heteroatoms. The quantitative estimate of drug-likeness (QED) is 0.227. The molecule has 1 saturated heterocycles. The van der Waals surface area contributed by atoms with Crippen molar-refractivity contribution in [2.45, 2.75) is 31.7 Å². The van der Waals surface area contributed by atoms with E-state index in [-0.39, 0.29) is 36.3 Å². The number of nitrogens with zero attached hydrogens (tertiary/aromatic N) is 1. The number of piperidine rings is 1. The molecule has 1 aromatic rings. The molecule has 2 heterocycles. The van der Waals surface area contributed by atoms with Crippen molar-refractivity contribution in [3.05, 3.63) is 29.3 Å². The van der Waals surface area contributed by atoms with Gasteiger partial charge in [-0.3, -0.25) is 34.2 Å². The fourth-order valence-electron chi connectivity index (χ4n) is 3.71. The zero-order valence-electron chi connectivity index (χ0n) is 19.4. The summed E-state index contributed by atoms with van der Waals surface area (Å²) in [6.07, 6.45) is 1.49. The van der Waals surface area contributed by atoms with E-state index in [4.69, 9.17) is 19.9 Å². The van der Waals surface area contributed by atoms with Gasteiger partial charge in [0.15, 0.2) is 6.61 Å². The van der Waals surface area contributed by atoms with Crippen LogP contribution in [0.15, 0.2) is 18.2 Å². The third-order valence-corrected chi connectivity index (χ3v) is 5.44. The average molecular weight is 491 g/mol. The smallest absolute Gasteiger partial charge is 0.266 e. The van der Waals surface area contributed by atoms with Gasteiger partial charge in [0.05, 0.1) is 24.3 Å². The normalized spacial score (nSPS) is 17.4.